The quantitative estimate of drug-likeness (QED) is 0.636. The predicted octanol–water partition coefficient (Wildman–Crippen LogP) is 0.126. The summed E-state index contributed by atoms with van der Waals surface area (Å²) < 4.78 is 0. The van der Waals surface area contributed by atoms with E-state index in [2.05, 4.69) is 24.3 Å². The minimum absolute atomic E-state index is 0. The maximum Gasteiger partial charge on any atom is -0.00741 e. The first-order valence-corrected chi connectivity index (χ1v) is 3.67. The number of aryl methyl sites for hydroxylation is 1. The van der Waals surface area contributed by atoms with Crippen LogP contribution in [0.25, 0.3) is 0 Å². The number of benzene rings is 1. The Kier molecular flexibility index (Phi) is 5.79. The van der Waals surface area contributed by atoms with Gasteiger partial charge in [-0.2, -0.15) is 0 Å². The van der Waals surface area contributed by atoms with Gasteiger partial charge in [0.1, 0.15) is 0 Å². The average molecular weight is 167 g/mol. The molecule has 0 aliphatic carbocycles. The summed E-state index contributed by atoms with van der Waals surface area (Å²) in [7, 11) is 0. The van der Waals surface area contributed by atoms with Crippen LogP contribution in [0.5, 0.6) is 0 Å². The first kappa shape index (κ1) is 10.4. The van der Waals surface area contributed by atoms with Gasteiger partial charge in [-0.15, -0.1) is 0 Å². The second kappa shape index (κ2) is 6.13. The number of hydrogen-bond acceptors (Lipinski definition) is 1. The van der Waals surface area contributed by atoms with Crippen LogP contribution in [0.3, 0.4) is 0 Å². The van der Waals surface area contributed by atoms with Gasteiger partial charge in [-0.3, -0.25) is 0 Å². The molecule has 0 aromatic heterocycles. The van der Waals surface area contributed by atoms with Gasteiger partial charge in [0.15, 0.2) is 0 Å². The van der Waals surface area contributed by atoms with Crippen molar-refractivity contribution in [1.29, 1.82) is 0 Å². The van der Waals surface area contributed by atoms with E-state index in [1.54, 1.807) is 0 Å². The summed E-state index contributed by atoms with van der Waals surface area (Å²) in [6.07, 6.45) is 2.20. The van der Waals surface area contributed by atoms with Crippen LogP contribution in [-0.4, -0.2) is 17.5 Å². The summed E-state index contributed by atoms with van der Waals surface area (Å²) in [5.41, 5.74) is 6.76. The molecule has 1 aromatic rings. The third-order valence-electron chi connectivity index (χ3n) is 1.51. The molecular weight excluding hydrogens is 150 g/mol. The van der Waals surface area contributed by atoms with E-state index in [1.165, 1.54) is 5.56 Å². The predicted molar refractivity (Wildman–Crippen MR) is 55.2 cm³/mol. The van der Waals surface area contributed by atoms with Gasteiger partial charge in [0.05, 0.1) is 0 Å². The maximum atomic E-state index is 5.38. The van der Waals surface area contributed by atoms with Crippen LogP contribution in [0.1, 0.15) is 12.0 Å². The minimum Gasteiger partial charge on any atom is -0.330 e. The van der Waals surface area contributed by atoms with Crippen LogP contribution in [0, 0.1) is 0 Å². The fraction of sp³-hybridized carbons (Fsp3) is 0.333. The highest BCUT2D eigenvalue weighted by molar-refractivity contribution is 5.75. The van der Waals surface area contributed by atoms with E-state index in [9.17, 15) is 0 Å². The molecule has 0 aliphatic heterocycles. The van der Waals surface area contributed by atoms with Crippen LogP contribution in [-0.2, 0) is 6.42 Å². The first-order valence-electron chi connectivity index (χ1n) is 3.67. The third kappa shape index (κ3) is 3.96. The van der Waals surface area contributed by atoms with Gasteiger partial charge in [0.2, 0.25) is 0 Å². The number of rotatable bonds is 3. The Morgan fingerprint density at radius 1 is 1.09 bits per heavy atom. The van der Waals surface area contributed by atoms with E-state index < -0.39 is 0 Å². The summed E-state index contributed by atoms with van der Waals surface area (Å²) in [5.74, 6) is 0. The van der Waals surface area contributed by atoms with Crippen molar-refractivity contribution in [2.24, 2.45) is 5.73 Å². The van der Waals surface area contributed by atoms with Crippen molar-refractivity contribution in [3.8, 4) is 0 Å². The Labute approximate surface area is 72.6 Å². The van der Waals surface area contributed by atoms with E-state index in [0.29, 0.717) is 0 Å². The molecule has 0 amide bonds. The largest absolute Gasteiger partial charge is 0.330 e. The molecule has 0 radical (unpaired) electrons. The highest BCUT2D eigenvalue weighted by Gasteiger charge is 1.87. The summed E-state index contributed by atoms with van der Waals surface area (Å²) >= 11 is 0. The Hall–Kier alpha value is -0.603. The number of nitrogens with two attached hydrogens (primary N) is 1. The van der Waals surface area contributed by atoms with Crippen LogP contribution in [0.15, 0.2) is 30.3 Å². The van der Waals surface area contributed by atoms with Crippen LogP contribution in [0.4, 0.5) is 0 Å². The molecule has 62 valence electrons. The van der Waals surface area contributed by atoms with Crippen molar-refractivity contribution in [2.75, 3.05) is 6.54 Å². The SMILES string of the molecule is NCCCc1ccccc1.[SiH4]. The van der Waals surface area contributed by atoms with Crippen molar-refractivity contribution in [1.82, 2.24) is 0 Å². The van der Waals surface area contributed by atoms with Crippen molar-refractivity contribution >= 4 is 11.0 Å². The lowest BCUT2D eigenvalue weighted by Gasteiger charge is -1.96. The van der Waals surface area contributed by atoms with Crippen molar-refractivity contribution in [3.63, 3.8) is 0 Å². The minimum atomic E-state index is 0. The van der Waals surface area contributed by atoms with Crippen molar-refractivity contribution in [2.45, 2.75) is 12.8 Å². The summed E-state index contributed by atoms with van der Waals surface area (Å²) in [6, 6.07) is 10.4. The summed E-state index contributed by atoms with van der Waals surface area (Å²) in [6.45, 7) is 0.787. The van der Waals surface area contributed by atoms with Gasteiger partial charge >= 0.3 is 0 Å². The molecule has 0 heterocycles. The lowest BCUT2D eigenvalue weighted by Crippen LogP contribution is -1.99. The first-order chi connectivity index (χ1) is 4.93. The third-order valence-corrected chi connectivity index (χ3v) is 1.51. The molecule has 2 heteroatoms. The van der Waals surface area contributed by atoms with E-state index in [1.807, 2.05) is 6.07 Å². The van der Waals surface area contributed by atoms with Crippen LogP contribution >= 0.6 is 0 Å². The normalized spacial score (nSPS) is 8.82. The Morgan fingerprint density at radius 2 is 1.73 bits per heavy atom. The molecular formula is C9H17NSi. The molecule has 0 atom stereocenters. The topological polar surface area (TPSA) is 26.0 Å². The fourth-order valence-corrected chi connectivity index (χ4v) is 0.951. The molecule has 0 fully saturated rings. The van der Waals surface area contributed by atoms with Gasteiger partial charge in [-0.25, -0.2) is 0 Å². The molecule has 0 spiro atoms. The standard InChI is InChI=1S/C9H13N.H4Si/c10-8-4-7-9-5-2-1-3-6-9;/h1-3,5-6H,4,7-8,10H2;1H4. The highest BCUT2D eigenvalue weighted by Crippen LogP contribution is 2.00. The highest BCUT2D eigenvalue weighted by atomic mass is 28.1. The zero-order valence-corrected chi connectivity index (χ0v) is 6.09. The van der Waals surface area contributed by atoms with Crippen molar-refractivity contribution in [3.05, 3.63) is 35.9 Å². The van der Waals surface area contributed by atoms with E-state index in [4.69, 9.17) is 5.73 Å². The smallest absolute Gasteiger partial charge is 0.00741 e. The Balaban J connectivity index is 0.000001000. The average Bonchev–Trinajstić information content (AvgIpc) is 2.03. The zero-order chi connectivity index (χ0) is 7.23. The maximum absolute atomic E-state index is 5.38. The summed E-state index contributed by atoms with van der Waals surface area (Å²) in [5, 5.41) is 0. The van der Waals surface area contributed by atoms with E-state index in [-0.39, 0.29) is 11.0 Å². The molecule has 0 saturated heterocycles. The molecule has 0 bridgehead atoms. The second-order valence-electron chi connectivity index (χ2n) is 2.38. The Bertz CT molecular complexity index is 174. The fourth-order valence-electron chi connectivity index (χ4n) is 0.951. The van der Waals surface area contributed by atoms with Crippen LogP contribution in [0.2, 0.25) is 0 Å². The van der Waals surface area contributed by atoms with Crippen LogP contribution < -0.4 is 5.73 Å². The lowest BCUT2D eigenvalue weighted by atomic mass is 10.1. The van der Waals surface area contributed by atoms with Gasteiger partial charge in [-0.05, 0) is 35.9 Å². The van der Waals surface area contributed by atoms with Gasteiger partial charge in [0, 0.05) is 0 Å². The molecule has 1 nitrogen and oxygen atoms in total. The monoisotopic (exact) mass is 167 g/mol. The summed E-state index contributed by atoms with van der Waals surface area (Å²) in [4.78, 5) is 0. The van der Waals surface area contributed by atoms with E-state index >= 15 is 0 Å². The van der Waals surface area contributed by atoms with Crippen molar-refractivity contribution < 1.29 is 0 Å². The molecule has 1 rings (SSSR count). The second-order valence-corrected chi connectivity index (χ2v) is 2.38. The zero-order valence-electron chi connectivity index (χ0n) is 6.09. The molecule has 2 N–H and O–H groups in total. The molecule has 11 heavy (non-hydrogen) atoms. The number of hydrogen-bond donors (Lipinski definition) is 1. The van der Waals surface area contributed by atoms with Gasteiger partial charge in [0.25, 0.3) is 0 Å². The lowest BCUT2D eigenvalue weighted by molar-refractivity contribution is 0.833. The molecule has 0 aliphatic rings. The molecule has 0 saturated carbocycles. The molecule has 0 unspecified atom stereocenters. The Morgan fingerprint density at radius 3 is 2.27 bits per heavy atom. The van der Waals surface area contributed by atoms with E-state index in [0.717, 1.165) is 19.4 Å². The molecule has 1 aromatic carbocycles. The van der Waals surface area contributed by atoms with Gasteiger partial charge < -0.3 is 5.73 Å². The van der Waals surface area contributed by atoms with Gasteiger partial charge in [-0.1, -0.05) is 30.3 Å².